The lowest BCUT2D eigenvalue weighted by Gasteiger charge is -2.12. The van der Waals surface area contributed by atoms with Gasteiger partial charge in [-0.25, -0.2) is 4.98 Å². The fraction of sp³-hybridized carbons (Fsp3) is 0.400. The van der Waals surface area contributed by atoms with Crippen LogP contribution in [0.15, 0.2) is 18.2 Å². The molecule has 96 valence electrons. The molecule has 0 radical (unpaired) electrons. The zero-order valence-corrected chi connectivity index (χ0v) is 11.9. The van der Waals surface area contributed by atoms with Crippen molar-refractivity contribution in [2.75, 3.05) is 11.9 Å². The third kappa shape index (κ3) is 2.44. The second-order valence-electron chi connectivity index (χ2n) is 4.54. The van der Waals surface area contributed by atoms with Crippen LogP contribution in [0.1, 0.15) is 31.4 Å². The second-order valence-corrected chi connectivity index (χ2v) is 4.94. The smallest absolute Gasteiger partial charge is 0.129 e. The SMILES string of the molecule is CCCNc1nc2c(C)ccc(Cl)c2cc1CC. The van der Waals surface area contributed by atoms with Gasteiger partial charge in [0.2, 0.25) is 0 Å². The Labute approximate surface area is 113 Å². The number of rotatable bonds is 4. The first-order valence-electron chi connectivity index (χ1n) is 6.50. The molecule has 0 spiro atoms. The fourth-order valence-corrected chi connectivity index (χ4v) is 2.28. The molecule has 0 unspecified atom stereocenters. The Hall–Kier alpha value is -1.28. The predicted molar refractivity (Wildman–Crippen MR) is 79.6 cm³/mol. The third-order valence-electron chi connectivity index (χ3n) is 3.14. The van der Waals surface area contributed by atoms with Crippen molar-refractivity contribution in [3.63, 3.8) is 0 Å². The average molecular weight is 263 g/mol. The largest absolute Gasteiger partial charge is 0.370 e. The van der Waals surface area contributed by atoms with Gasteiger partial charge in [-0.2, -0.15) is 0 Å². The Morgan fingerprint density at radius 1 is 1.28 bits per heavy atom. The van der Waals surface area contributed by atoms with Gasteiger partial charge in [0.05, 0.1) is 5.52 Å². The molecule has 3 heteroatoms. The number of anilines is 1. The van der Waals surface area contributed by atoms with Crippen molar-refractivity contribution in [2.24, 2.45) is 0 Å². The number of aromatic nitrogens is 1. The van der Waals surface area contributed by atoms with E-state index in [0.29, 0.717) is 0 Å². The summed E-state index contributed by atoms with van der Waals surface area (Å²) in [6.45, 7) is 7.32. The lowest BCUT2D eigenvalue weighted by Crippen LogP contribution is -2.05. The average Bonchev–Trinajstić information content (AvgIpc) is 2.40. The molecule has 2 nitrogen and oxygen atoms in total. The normalized spacial score (nSPS) is 10.9. The molecular formula is C15H19ClN2. The number of halogens is 1. The van der Waals surface area contributed by atoms with Gasteiger partial charge in [-0.15, -0.1) is 0 Å². The van der Waals surface area contributed by atoms with E-state index in [1.807, 2.05) is 12.1 Å². The molecule has 1 aromatic carbocycles. The summed E-state index contributed by atoms with van der Waals surface area (Å²) in [4.78, 5) is 4.75. The van der Waals surface area contributed by atoms with Gasteiger partial charge in [0.25, 0.3) is 0 Å². The first-order chi connectivity index (χ1) is 8.67. The first-order valence-corrected chi connectivity index (χ1v) is 6.87. The van der Waals surface area contributed by atoms with E-state index in [4.69, 9.17) is 16.6 Å². The van der Waals surface area contributed by atoms with E-state index in [2.05, 4.69) is 32.2 Å². The molecule has 0 atom stereocenters. The maximum Gasteiger partial charge on any atom is 0.129 e. The molecule has 2 aromatic rings. The van der Waals surface area contributed by atoms with Gasteiger partial charge >= 0.3 is 0 Å². The molecule has 0 aliphatic heterocycles. The Kier molecular flexibility index (Phi) is 4.07. The van der Waals surface area contributed by atoms with Crippen molar-refractivity contribution < 1.29 is 0 Å². The van der Waals surface area contributed by atoms with Gasteiger partial charge in [-0.1, -0.05) is 31.5 Å². The van der Waals surface area contributed by atoms with Gasteiger partial charge in [0.1, 0.15) is 5.82 Å². The molecular weight excluding hydrogens is 244 g/mol. The van der Waals surface area contributed by atoms with Crippen LogP contribution in [0.25, 0.3) is 10.9 Å². The molecule has 1 aromatic heterocycles. The highest BCUT2D eigenvalue weighted by molar-refractivity contribution is 6.35. The van der Waals surface area contributed by atoms with Crippen molar-refractivity contribution in [2.45, 2.75) is 33.6 Å². The van der Waals surface area contributed by atoms with E-state index in [1.165, 1.54) is 5.56 Å². The number of nitrogens with zero attached hydrogens (tertiary/aromatic N) is 1. The Morgan fingerprint density at radius 2 is 2.06 bits per heavy atom. The molecule has 0 bridgehead atoms. The van der Waals surface area contributed by atoms with Crippen molar-refractivity contribution in [1.82, 2.24) is 4.98 Å². The van der Waals surface area contributed by atoms with Crippen LogP contribution >= 0.6 is 11.6 Å². The van der Waals surface area contributed by atoms with Crippen LogP contribution in [0.5, 0.6) is 0 Å². The second kappa shape index (κ2) is 5.57. The lowest BCUT2D eigenvalue weighted by atomic mass is 10.1. The van der Waals surface area contributed by atoms with Gasteiger partial charge in [0.15, 0.2) is 0 Å². The predicted octanol–water partition coefficient (Wildman–Crippen LogP) is 4.58. The van der Waals surface area contributed by atoms with Crippen molar-refractivity contribution in [3.05, 3.63) is 34.3 Å². The van der Waals surface area contributed by atoms with Crippen LogP contribution in [0.3, 0.4) is 0 Å². The Morgan fingerprint density at radius 3 is 2.72 bits per heavy atom. The number of hydrogen-bond acceptors (Lipinski definition) is 2. The number of nitrogens with one attached hydrogen (secondary N) is 1. The minimum atomic E-state index is 0.778. The van der Waals surface area contributed by atoms with Crippen LogP contribution < -0.4 is 5.32 Å². The molecule has 0 aliphatic carbocycles. The van der Waals surface area contributed by atoms with Gasteiger partial charge in [0, 0.05) is 17.0 Å². The molecule has 1 N–H and O–H groups in total. The highest BCUT2D eigenvalue weighted by Crippen LogP contribution is 2.29. The summed E-state index contributed by atoms with van der Waals surface area (Å²) in [5, 5.41) is 5.23. The summed E-state index contributed by atoms with van der Waals surface area (Å²) >= 11 is 6.25. The van der Waals surface area contributed by atoms with Crippen LogP contribution in [0, 0.1) is 6.92 Å². The summed E-state index contributed by atoms with van der Waals surface area (Å²) in [5.74, 6) is 0.997. The van der Waals surface area contributed by atoms with E-state index >= 15 is 0 Å². The molecule has 0 amide bonds. The lowest BCUT2D eigenvalue weighted by molar-refractivity contribution is 0.961. The first kappa shape index (κ1) is 13.2. The summed E-state index contributed by atoms with van der Waals surface area (Å²) in [6, 6.07) is 6.13. The monoisotopic (exact) mass is 262 g/mol. The van der Waals surface area contributed by atoms with Crippen molar-refractivity contribution >= 4 is 28.3 Å². The summed E-state index contributed by atoms with van der Waals surface area (Å²) in [7, 11) is 0. The third-order valence-corrected chi connectivity index (χ3v) is 3.46. The fourth-order valence-electron chi connectivity index (χ4n) is 2.07. The van der Waals surface area contributed by atoms with E-state index in [1.54, 1.807) is 0 Å². The number of fused-ring (bicyclic) bond motifs is 1. The molecule has 18 heavy (non-hydrogen) atoms. The minimum Gasteiger partial charge on any atom is -0.370 e. The summed E-state index contributed by atoms with van der Waals surface area (Å²) < 4.78 is 0. The zero-order chi connectivity index (χ0) is 13.1. The highest BCUT2D eigenvalue weighted by Gasteiger charge is 2.09. The minimum absolute atomic E-state index is 0.778. The van der Waals surface area contributed by atoms with E-state index < -0.39 is 0 Å². The Bertz CT molecular complexity index is 564. The molecule has 2 rings (SSSR count). The topological polar surface area (TPSA) is 24.9 Å². The molecule has 0 saturated carbocycles. The zero-order valence-electron chi connectivity index (χ0n) is 11.2. The van der Waals surface area contributed by atoms with Gasteiger partial charge in [-0.05, 0) is 43.0 Å². The molecule has 0 fully saturated rings. The van der Waals surface area contributed by atoms with Crippen molar-refractivity contribution in [3.8, 4) is 0 Å². The van der Waals surface area contributed by atoms with Gasteiger partial charge in [-0.3, -0.25) is 0 Å². The van der Waals surface area contributed by atoms with Crippen LogP contribution in [0.4, 0.5) is 5.82 Å². The van der Waals surface area contributed by atoms with E-state index in [0.717, 1.165) is 46.7 Å². The number of benzene rings is 1. The van der Waals surface area contributed by atoms with Crippen molar-refractivity contribution in [1.29, 1.82) is 0 Å². The number of aryl methyl sites for hydroxylation is 2. The number of pyridine rings is 1. The summed E-state index contributed by atoms with van der Waals surface area (Å²) in [5.41, 5.74) is 3.39. The van der Waals surface area contributed by atoms with E-state index in [-0.39, 0.29) is 0 Å². The number of hydrogen-bond donors (Lipinski definition) is 1. The molecule has 0 saturated heterocycles. The van der Waals surface area contributed by atoms with Gasteiger partial charge < -0.3 is 5.32 Å². The standard InChI is InChI=1S/C15H19ClN2/c1-4-8-17-15-11(5-2)9-12-13(16)7-6-10(3)14(12)18-15/h6-7,9H,4-5,8H2,1-3H3,(H,17,18). The quantitative estimate of drug-likeness (QED) is 0.872. The van der Waals surface area contributed by atoms with E-state index in [9.17, 15) is 0 Å². The highest BCUT2D eigenvalue weighted by atomic mass is 35.5. The van der Waals surface area contributed by atoms with Crippen LogP contribution in [-0.4, -0.2) is 11.5 Å². The molecule has 1 heterocycles. The van der Waals surface area contributed by atoms with Crippen LogP contribution in [0.2, 0.25) is 5.02 Å². The molecule has 0 aliphatic rings. The maximum absolute atomic E-state index is 6.25. The maximum atomic E-state index is 6.25. The van der Waals surface area contributed by atoms with Crippen LogP contribution in [-0.2, 0) is 6.42 Å². The Balaban J connectivity index is 2.61. The summed E-state index contributed by atoms with van der Waals surface area (Å²) in [6.07, 6.45) is 2.05.